The molecule has 68 valence electrons. The summed E-state index contributed by atoms with van der Waals surface area (Å²) in [4.78, 5) is 0. The van der Waals surface area contributed by atoms with E-state index in [9.17, 15) is 0 Å². The molecule has 0 aromatic rings. The number of rotatable bonds is 5. The number of nitrogens with zero attached hydrogens (tertiary/aromatic N) is 1. The van der Waals surface area contributed by atoms with Gasteiger partial charge >= 0.3 is 0 Å². The van der Waals surface area contributed by atoms with Crippen LogP contribution in [0.1, 0.15) is 26.2 Å². The molecular formula is C8H15N3S. The van der Waals surface area contributed by atoms with Gasteiger partial charge in [0.1, 0.15) is 0 Å². The van der Waals surface area contributed by atoms with Crippen molar-refractivity contribution in [2.24, 2.45) is 10.8 Å². The molecule has 0 fully saturated rings. The van der Waals surface area contributed by atoms with Crippen molar-refractivity contribution in [2.75, 3.05) is 0 Å². The van der Waals surface area contributed by atoms with Crippen molar-refractivity contribution < 1.29 is 0 Å². The second-order valence-corrected chi connectivity index (χ2v) is 2.76. The van der Waals surface area contributed by atoms with Crippen LogP contribution in [0, 0.1) is 0 Å². The largest absolute Gasteiger partial charge is 0.375 e. The zero-order valence-electron chi connectivity index (χ0n) is 7.29. The fraction of sp³-hybridized carbons (Fsp3) is 0.500. The molecule has 0 rings (SSSR count). The fourth-order valence-electron chi connectivity index (χ4n) is 0.623. The monoisotopic (exact) mass is 185 g/mol. The van der Waals surface area contributed by atoms with Gasteiger partial charge in [-0.3, -0.25) is 5.43 Å². The average molecular weight is 185 g/mol. The highest BCUT2D eigenvalue weighted by Crippen LogP contribution is 1.93. The van der Waals surface area contributed by atoms with Crippen LogP contribution in [0.25, 0.3) is 0 Å². The van der Waals surface area contributed by atoms with Crippen molar-refractivity contribution in [3.05, 3.63) is 12.2 Å². The third-order valence-electron chi connectivity index (χ3n) is 1.20. The lowest BCUT2D eigenvalue weighted by atomic mass is 10.2. The van der Waals surface area contributed by atoms with Gasteiger partial charge in [-0.2, -0.15) is 5.10 Å². The first-order valence-corrected chi connectivity index (χ1v) is 4.41. The molecule has 0 aliphatic heterocycles. The molecule has 0 aromatic heterocycles. The second kappa shape index (κ2) is 8.20. The van der Waals surface area contributed by atoms with E-state index >= 15 is 0 Å². The van der Waals surface area contributed by atoms with Crippen molar-refractivity contribution >= 4 is 23.5 Å². The molecule has 0 amide bonds. The van der Waals surface area contributed by atoms with Gasteiger partial charge in [0.25, 0.3) is 0 Å². The molecule has 0 atom stereocenters. The van der Waals surface area contributed by atoms with E-state index in [-0.39, 0.29) is 5.11 Å². The zero-order chi connectivity index (χ0) is 9.23. The van der Waals surface area contributed by atoms with Crippen molar-refractivity contribution in [3.8, 4) is 0 Å². The normalized spacial score (nSPS) is 11.1. The van der Waals surface area contributed by atoms with Gasteiger partial charge in [-0.05, 0) is 24.7 Å². The lowest BCUT2D eigenvalue weighted by Crippen LogP contribution is -2.23. The molecule has 0 aliphatic carbocycles. The third-order valence-corrected chi connectivity index (χ3v) is 1.29. The standard InChI is InChI=1S/C8H15N3S/c1-2-3-4-5-6-7-10-11-8(9)12/h5-7H,2-4H2,1H3,(H3,9,11,12). The highest BCUT2D eigenvalue weighted by atomic mass is 32.1. The topological polar surface area (TPSA) is 50.4 Å². The predicted octanol–water partition coefficient (Wildman–Crippen LogP) is 1.55. The van der Waals surface area contributed by atoms with E-state index in [0.29, 0.717) is 0 Å². The molecule has 0 saturated heterocycles. The van der Waals surface area contributed by atoms with E-state index in [4.69, 9.17) is 5.73 Å². The van der Waals surface area contributed by atoms with Gasteiger partial charge in [0.05, 0.1) is 0 Å². The summed E-state index contributed by atoms with van der Waals surface area (Å²) in [6, 6.07) is 0. The van der Waals surface area contributed by atoms with E-state index < -0.39 is 0 Å². The summed E-state index contributed by atoms with van der Waals surface area (Å²) in [6.07, 6.45) is 9.10. The smallest absolute Gasteiger partial charge is 0.184 e. The summed E-state index contributed by atoms with van der Waals surface area (Å²) in [6.45, 7) is 2.16. The van der Waals surface area contributed by atoms with Crippen LogP contribution in [0.15, 0.2) is 17.3 Å². The average Bonchev–Trinajstić information content (AvgIpc) is 2.02. The highest BCUT2D eigenvalue weighted by molar-refractivity contribution is 7.80. The van der Waals surface area contributed by atoms with Crippen LogP contribution in [-0.4, -0.2) is 11.3 Å². The Labute approximate surface area is 78.7 Å². The Hall–Kier alpha value is -0.900. The Balaban J connectivity index is 3.33. The summed E-state index contributed by atoms with van der Waals surface area (Å²) in [5.41, 5.74) is 7.60. The maximum Gasteiger partial charge on any atom is 0.184 e. The molecule has 0 heterocycles. The summed E-state index contributed by atoms with van der Waals surface area (Å²) in [5.74, 6) is 0. The summed E-state index contributed by atoms with van der Waals surface area (Å²) >= 11 is 4.54. The second-order valence-electron chi connectivity index (χ2n) is 2.32. The molecule has 12 heavy (non-hydrogen) atoms. The molecule has 0 unspecified atom stereocenters. The van der Waals surface area contributed by atoms with E-state index in [1.807, 2.05) is 6.08 Å². The van der Waals surface area contributed by atoms with Crippen LogP contribution in [-0.2, 0) is 0 Å². The minimum Gasteiger partial charge on any atom is -0.375 e. The summed E-state index contributed by atoms with van der Waals surface area (Å²) in [5, 5.41) is 3.93. The van der Waals surface area contributed by atoms with Gasteiger partial charge in [-0.15, -0.1) is 0 Å². The molecule has 3 nitrogen and oxygen atoms in total. The number of hydrogen-bond acceptors (Lipinski definition) is 2. The van der Waals surface area contributed by atoms with Gasteiger partial charge in [0.15, 0.2) is 5.11 Å². The van der Waals surface area contributed by atoms with Crippen LogP contribution < -0.4 is 11.2 Å². The van der Waals surface area contributed by atoms with Crippen molar-refractivity contribution in [3.63, 3.8) is 0 Å². The minimum absolute atomic E-state index is 0.188. The third kappa shape index (κ3) is 9.10. The minimum atomic E-state index is 0.188. The number of nitrogens with two attached hydrogens (primary N) is 1. The molecule has 0 saturated carbocycles. The van der Waals surface area contributed by atoms with E-state index in [1.165, 1.54) is 12.8 Å². The molecule has 0 spiro atoms. The quantitative estimate of drug-likeness (QED) is 0.296. The molecule has 4 heteroatoms. The van der Waals surface area contributed by atoms with Crippen molar-refractivity contribution in [1.29, 1.82) is 0 Å². The van der Waals surface area contributed by atoms with E-state index in [2.05, 4.69) is 35.7 Å². The van der Waals surface area contributed by atoms with Gasteiger partial charge in [0.2, 0.25) is 0 Å². The first-order valence-electron chi connectivity index (χ1n) is 4.01. The number of thiocarbonyl (C=S) groups is 1. The number of unbranched alkanes of at least 4 members (excludes halogenated alkanes) is 2. The van der Waals surface area contributed by atoms with Crippen molar-refractivity contribution in [2.45, 2.75) is 26.2 Å². The molecule has 3 N–H and O–H groups in total. The first-order chi connectivity index (χ1) is 5.77. The Morgan fingerprint density at radius 1 is 1.67 bits per heavy atom. The van der Waals surface area contributed by atoms with Crippen LogP contribution in [0.4, 0.5) is 0 Å². The van der Waals surface area contributed by atoms with Crippen LogP contribution in [0.5, 0.6) is 0 Å². The Morgan fingerprint density at radius 2 is 2.42 bits per heavy atom. The van der Waals surface area contributed by atoms with Crippen LogP contribution in [0.2, 0.25) is 0 Å². The van der Waals surface area contributed by atoms with Gasteiger partial charge in [-0.25, -0.2) is 0 Å². The van der Waals surface area contributed by atoms with E-state index in [1.54, 1.807) is 6.21 Å². The van der Waals surface area contributed by atoms with E-state index in [0.717, 1.165) is 6.42 Å². The Morgan fingerprint density at radius 3 is 3.00 bits per heavy atom. The Bertz CT molecular complexity index is 175. The number of hydrogen-bond donors (Lipinski definition) is 2. The molecule has 0 bridgehead atoms. The summed E-state index contributed by atoms with van der Waals surface area (Å²) in [7, 11) is 0. The zero-order valence-corrected chi connectivity index (χ0v) is 8.10. The highest BCUT2D eigenvalue weighted by Gasteiger charge is 1.77. The van der Waals surface area contributed by atoms with Crippen molar-refractivity contribution in [1.82, 2.24) is 5.43 Å². The number of hydrazone groups is 1. The maximum absolute atomic E-state index is 5.14. The van der Waals surface area contributed by atoms with Gasteiger partial charge < -0.3 is 5.73 Å². The van der Waals surface area contributed by atoms with Crippen LogP contribution >= 0.6 is 12.2 Å². The van der Waals surface area contributed by atoms with Gasteiger partial charge in [-0.1, -0.05) is 25.8 Å². The predicted molar refractivity (Wildman–Crippen MR) is 57.1 cm³/mol. The summed E-state index contributed by atoms with van der Waals surface area (Å²) < 4.78 is 0. The molecule has 0 aromatic carbocycles. The van der Waals surface area contributed by atoms with Crippen LogP contribution in [0.3, 0.4) is 0 Å². The molecular weight excluding hydrogens is 170 g/mol. The number of allylic oxidation sites excluding steroid dienone is 2. The lowest BCUT2D eigenvalue weighted by molar-refractivity contribution is 0.815. The fourth-order valence-corrected chi connectivity index (χ4v) is 0.676. The number of nitrogens with one attached hydrogen (secondary N) is 1. The lowest BCUT2D eigenvalue weighted by Gasteiger charge is -1.90. The molecule has 0 aliphatic rings. The maximum atomic E-state index is 5.14. The Kier molecular flexibility index (Phi) is 7.58. The first kappa shape index (κ1) is 11.1. The molecule has 0 radical (unpaired) electrons. The van der Waals surface area contributed by atoms with Gasteiger partial charge in [0, 0.05) is 6.21 Å². The SMILES string of the molecule is CCCCC=CC=NNC(N)=S.